The minimum absolute atomic E-state index is 0.208. The zero-order chi connectivity index (χ0) is 18.0. The van der Waals surface area contributed by atoms with Crippen LogP contribution in [0.3, 0.4) is 0 Å². The Hall–Kier alpha value is -2.82. The van der Waals surface area contributed by atoms with E-state index in [2.05, 4.69) is 5.32 Å². The van der Waals surface area contributed by atoms with Gasteiger partial charge in [0.25, 0.3) is 5.91 Å². The lowest BCUT2D eigenvalue weighted by atomic mass is 10.1. The van der Waals surface area contributed by atoms with Crippen LogP contribution in [-0.4, -0.2) is 29.1 Å². The van der Waals surface area contributed by atoms with Crippen molar-refractivity contribution >= 4 is 11.9 Å². The molecule has 0 aromatic heterocycles. The third-order valence-corrected chi connectivity index (χ3v) is 4.82. The Labute approximate surface area is 146 Å². The molecule has 0 spiro atoms. The second-order valence-electron chi connectivity index (χ2n) is 6.48. The first kappa shape index (κ1) is 17.0. The molecule has 1 amide bonds. The van der Waals surface area contributed by atoms with Crippen LogP contribution < -0.4 is 10.1 Å². The van der Waals surface area contributed by atoms with Crippen molar-refractivity contribution in [3.8, 4) is 5.75 Å². The lowest BCUT2D eigenvalue weighted by Gasteiger charge is -2.16. The maximum absolute atomic E-state index is 12.3. The molecule has 1 aliphatic rings. The van der Waals surface area contributed by atoms with Gasteiger partial charge >= 0.3 is 5.97 Å². The summed E-state index contributed by atoms with van der Waals surface area (Å²) in [5.41, 5.74) is 1.73. The molecule has 2 aromatic carbocycles. The number of amides is 1. The third kappa shape index (κ3) is 3.36. The number of carbonyl (C=O) groups is 2. The van der Waals surface area contributed by atoms with Crippen LogP contribution >= 0.6 is 0 Å². The van der Waals surface area contributed by atoms with Crippen molar-refractivity contribution in [2.75, 3.05) is 6.61 Å². The van der Waals surface area contributed by atoms with Gasteiger partial charge in [-0.15, -0.1) is 0 Å². The quantitative estimate of drug-likeness (QED) is 0.848. The van der Waals surface area contributed by atoms with Gasteiger partial charge in [0.05, 0.1) is 0 Å². The standard InChI is InChI=1S/C20H21NO4/c1-13-7-6-10-17(14(13)2)25-12-18(22)21-20(19(23)24)11-16(20)15-8-4-3-5-9-15/h3-10,16H,11-12H2,1-2H3,(H,21,22)(H,23,24). The summed E-state index contributed by atoms with van der Waals surface area (Å²) >= 11 is 0. The molecule has 0 aliphatic heterocycles. The van der Waals surface area contributed by atoms with Crippen LogP contribution in [0.15, 0.2) is 48.5 Å². The highest BCUT2D eigenvalue weighted by Gasteiger charge is 2.62. The van der Waals surface area contributed by atoms with Crippen molar-refractivity contribution in [2.24, 2.45) is 0 Å². The first-order chi connectivity index (χ1) is 11.9. The molecule has 130 valence electrons. The second-order valence-corrected chi connectivity index (χ2v) is 6.48. The molecule has 0 saturated heterocycles. The van der Waals surface area contributed by atoms with Crippen LogP contribution in [0, 0.1) is 13.8 Å². The summed E-state index contributed by atoms with van der Waals surface area (Å²) in [6.07, 6.45) is 0.390. The van der Waals surface area contributed by atoms with E-state index in [0.717, 1.165) is 16.7 Å². The van der Waals surface area contributed by atoms with Crippen LogP contribution in [0.5, 0.6) is 5.75 Å². The number of ether oxygens (including phenoxy) is 1. The van der Waals surface area contributed by atoms with Gasteiger partial charge in [0.15, 0.2) is 6.61 Å². The summed E-state index contributed by atoms with van der Waals surface area (Å²) in [4.78, 5) is 24.0. The summed E-state index contributed by atoms with van der Waals surface area (Å²) < 4.78 is 5.57. The molecule has 0 heterocycles. The number of rotatable bonds is 6. The van der Waals surface area contributed by atoms with E-state index >= 15 is 0 Å². The van der Waals surface area contributed by atoms with Crippen molar-refractivity contribution in [3.63, 3.8) is 0 Å². The molecular formula is C20H21NO4. The highest BCUT2D eigenvalue weighted by atomic mass is 16.5. The topological polar surface area (TPSA) is 75.6 Å². The number of carboxylic acid groups (broad SMARTS) is 1. The van der Waals surface area contributed by atoms with Crippen LogP contribution in [0.25, 0.3) is 0 Å². The lowest BCUT2D eigenvalue weighted by molar-refractivity contribution is -0.143. The predicted molar refractivity (Wildman–Crippen MR) is 93.7 cm³/mol. The van der Waals surface area contributed by atoms with Crippen molar-refractivity contribution in [1.29, 1.82) is 0 Å². The number of aliphatic carboxylic acids is 1. The van der Waals surface area contributed by atoms with E-state index in [9.17, 15) is 14.7 Å². The Bertz CT molecular complexity index is 803. The van der Waals surface area contributed by atoms with Gasteiger partial charge in [0, 0.05) is 5.92 Å². The molecule has 3 rings (SSSR count). The van der Waals surface area contributed by atoms with Crippen LogP contribution in [0.1, 0.15) is 29.0 Å². The van der Waals surface area contributed by atoms with E-state index in [1.165, 1.54) is 0 Å². The molecule has 25 heavy (non-hydrogen) atoms. The fourth-order valence-electron chi connectivity index (χ4n) is 3.09. The zero-order valence-corrected chi connectivity index (χ0v) is 14.3. The number of carboxylic acids is 1. The van der Waals surface area contributed by atoms with Gasteiger partial charge in [-0.25, -0.2) is 4.79 Å². The van der Waals surface area contributed by atoms with E-state index in [4.69, 9.17) is 4.74 Å². The number of benzene rings is 2. The van der Waals surface area contributed by atoms with Crippen molar-refractivity contribution in [2.45, 2.75) is 31.7 Å². The van der Waals surface area contributed by atoms with Crippen molar-refractivity contribution in [3.05, 3.63) is 65.2 Å². The van der Waals surface area contributed by atoms with Gasteiger partial charge < -0.3 is 15.2 Å². The van der Waals surface area contributed by atoms with Gasteiger partial charge in [0.2, 0.25) is 0 Å². The minimum Gasteiger partial charge on any atom is -0.483 e. The molecule has 5 heteroatoms. The van der Waals surface area contributed by atoms with Crippen molar-refractivity contribution in [1.82, 2.24) is 5.32 Å². The monoisotopic (exact) mass is 339 g/mol. The van der Waals surface area contributed by atoms with E-state index in [1.807, 2.05) is 56.3 Å². The largest absolute Gasteiger partial charge is 0.483 e. The number of hydrogen-bond acceptors (Lipinski definition) is 3. The predicted octanol–water partition coefficient (Wildman–Crippen LogP) is 2.81. The molecule has 1 aliphatic carbocycles. The Morgan fingerprint density at radius 1 is 1.16 bits per heavy atom. The van der Waals surface area contributed by atoms with E-state index in [-0.39, 0.29) is 12.5 Å². The van der Waals surface area contributed by atoms with Crippen LogP contribution in [-0.2, 0) is 9.59 Å². The summed E-state index contributed by atoms with van der Waals surface area (Å²) in [5, 5.41) is 12.3. The Balaban J connectivity index is 1.65. The molecule has 0 bridgehead atoms. The van der Waals surface area contributed by atoms with Gasteiger partial charge in [-0.3, -0.25) is 4.79 Å². The smallest absolute Gasteiger partial charge is 0.330 e. The minimum atomic E-state index is -1.23. The highest BCUT2D eigenvalue weighted by Crippen LogP contribution is 2.51. The fraction of sp³-hybridized carbons (Fsp3) is 0.300. The Kier molecular flexibility index (Phi) is 4.49. The number of carbonyl (C=O) groups excluding carboxylic acids is 1. The Morgan fingerprint density at radius 3 is 2.56 bits per heavy atom. The molecule has 2 atom stereocenters. The first-order valence-corrected chi connectivity index (χ1v) is 8.22. The number of nitrogens with one attached hydrogen (secondary N) is 1. The van der Waals surface area contributed by atoms with Crippen LogP contribution in [0.4, 0.5) is 0 Å². The normalized spacial score (nSPS) is 21.4. The summed E-state index contributed by atoms with van der Waals surface area (Å²) in [7, 11) is 0. The average Bonchev–Trinajstić information content (AvgIpc) is 3.32. The van der Waals surface area contributed by atoms with Gasteiger partial charge in [0.1, 0.15) is 11.3 Å². The average molecular weight is 339 g/mol. The number of aryl methyl sites for hydroxylation is 1. The maximum atomic E-state index is 12.3. The van der Waals surface area contributed by atoms with E-state index in [1.54, 1.807) is 6.07 Å². The van der Waals surface area contributed by atoms with Gasteiger partial charge in [-0.1, -0.05) is 42.5 Å². The second kappa shape index (κ2) is 6.59. The molecule has 1 fully saturated rings. The summed E-state index contributed by atoms with van der Waals surface area (Å²) in [5.74, 6) is -1.02. The van der Waals surface area contributed by atoms with Crippen molar-refractivity contribution < 1.29 is 19.4 Å². The van der Waals surface area contributed by atoms with Crippen LogP contribution in [0.2, 0.25) is 0 Å². The summed E-state index contributed by atoms with van der Waals surface area (Å²) in [6.45, 7) is 3.69. The van der Waals surface area contributed by atoms with E-state index < -0.39 is 17.4 Å². The maximum Gasteiger partial charge on any atom is 0.330 e. The van der Waals surface area contributed by atoms with Gasteiger partial charge in [-0.05, 0) is 43.0 Å². The lowest BCUT2D eigenvalue weighted by Crippen LogP contribution is -2.46. The highest BCUT2D eigenvalue weighted by molar-refractivity contribution is 5.92. The van der Waals surface area contributed by atoms with E-state index in [0.29, 0.717) is 12.2 Å². The molecule has 2 unspecified atom stereocenters. The molecule has 2 N–H and O–H groups in total. The zero-order valence-electron chi connectivity index (χ0n) is 14.3. The molecule has 2 aromatic rings. The number of hydrogen-bond donors (Lipinski definition) is 2. The third-order valence-electron chi connectivity index (χ3n) is 4.82. The SMILES string of the molecule is Cc1cccc(OCC(=O)NC2(C(=O)O)CC2c2ccccc2)c1C. The Morgan fingerprint density at radius 2 is 1.88 bits per heavy atom. The fourth-order valence-corrected chi connectivity index (χ4v) is 3.09. The molecule has 1 saturated carbocycles. The van der Waals surface area contributed by atoms with Gasteiger partial charge in [-0.2, -0.15) is 0 Å². The molecule has 5 nitrogen and oxygen atoms in total. The molecule has 0 radical (unpaired) electrons. The first-order valence-electron chi connectivity index (χ1n) is 8.22. The summed E-state index contributed by atoms with van der Waals surface area (Å²) in [6, 6.07) is 15.0. The molecular weight excluding hydrogens is 318 g/mol.